The van der Waals surface area contributed by atoms with E-state index in [0.717, 1.165) is 22.1 Å². The Labute approximate surface area is 122 Å². The number of carboxylic acid groups (broad SMARTS) is 1. The van der Waals surface area contributed by atoms with Crippen molar-refractivity contribution in [3.8, 4) is 0 Å². The normalized spacial score (nSPS) is 12.3. The highest BCUT2D eigenvalue weighted by molar-refractivity contribution is 5.89. The van der Waals surface area contributed by atoms with Crippen LogP contribution in [0.2, 0.25) is 0 Å². The van der Waals surface area contributed by atoms with Crippen LogP contribution in [0.15, 0.2) is 28.9 Å². The first-order valence-electron chi connectivity index (χ1n) is 7.00. The van der Waals surface area contributed by atoms with Gasteiger partial charge in [0.1, 0.15) is 11.6 Å². The second-order valence-electron chi connectivity index (χ2n) is 5.18. The predicted octanol–water partition coefficient (Wildman–Crippen LogP) is 2.65. The number of nitrogens with one attached hydrogen (secondary N) is 1. The third-order valence-electron chi connectivity index (χ3n) is 3.37. The summed E-state index contributed by atoms with van der Waals surface area (Å²) in [6.45, 7) is 3.85. The van der Waals surface area contributed by atoms with Gasteiger partial charge in [-0.05, 0) is 25.0 Å². The molecule has 0 radical (unpaired) electrons. The second kappa shape index (κ2) is 6.43. The first-order chi connectivity index (χ1) is 10.0. The maximum absolute atomic E-state index is 12.0. The number of fused-ring (bicyclic) bond motifs is 1. The van der Waals surface area contributed by atoms with Crippen molar-refractivity contribution in [1.29, 1.82) is 0 Å². The summed E-state index contributed by atoms with van der Waals surface area (Å²) in [5, 5.41) is 12.5. The van der Waals surface area contributed by atoms with Gasteiger partial charge in [0.15, 0.2) is 0 Å². The molecule has 112 valence electrons. The molecule has 1 amide bonds. The molecule has 2 N–H and O–H groups in total. The molecule has 5 nitrogen and oxygen atoms in total. The summed E-state index contributed by atoms with van der Waals surface area (Å²) in [6, 6.07) is 4.95. The maximum atomic E-state index is 12.0. The highest BCUT2D eigenvalue weighted by Crippen LogP contribution is 2.22. The summed E-state index contributed by atoms with van der Waals surface area (Å²) < 4.78 is 5.43. The molecule has 1 heterocycles. The molecule has 0 saturated heterocycles. The fourth-order valence-corrected chi connectivity index (χ4v) is 2.29. The number of benzene rings is 1. The number of carbonyl (C=O) groups excluding carboxylic acids is 1. The number of hydrogen-bond donors (Lipinski definition) is 2. The molecular weight excluding hydrogens is 270 g/mol. The Morgan fingerprint density at radius 1 is 1.38 bits per heavy atom. The minimum absolute atomic E-state index is 0.115. The van der Waals surface area contributed by atoms with Gasteiger partial charge in [0.2, 0.25) is 5.91 Å². The zero-order chi connectivity index (χ0) is 15.4. The number of carboxylic acids is 1. The molecule has 0 fully saturated rings. The molecule has 5 heteroatoms. The molecule has 0 aliphatic heterocycles. The average Bonchev–Trinajstić information content (AvgIpc) is 2.80. The van der Waals surface area contributed by atoms with E-state index in [1.807, 2.05) is 32.0 Å². The molecule has 1 atom stereocenters. The third kappa shape index (κ3) is 3.62. The maximum Gasteiger partial charge on any atom is 0.326 e. The Kier molecular flexibility index (Phi) is 4.62. The van der Waals surface area contributed by atoms with Crippen LogP contribution in [0, 0.1) is 6.92 Å². The van der Waals surface area contributed by atoms with Crippen molar-refractivity contribution in [3.05, 3.63) is 35.6 Å². The topological polar surface area (TPSA) is 79.5 Å². The SMILES string of the molecule is CCC[C@H](NC(=O)Cc1coc2cc(C)ccc12)C(=O)O. The smallest absolute Gasteiger partial charge is 0.326 e. The molecular formula is C16H19NO4. The number of carbonyl (C=O) groups is 2. The zero-order valence-electron chi connectivity index (χ0n) is 12.2. The van der Waals surface area contributed by atoms with Crippen molar-refractivity contribution >= 4 is 22.8 Å². The zero-order valence-corrected chi connectivity index (χ0v) is 12.2. The molecule has 2 rings (SSSR count). The molecule has 0 spiro atoms. The highest BCUT2D eigenvalue weighted by Gasteiger charge is 2.19. The van der Waals surface area contributed by atoms with Gasteiger partial charge >= 0.3 is 5.97 Å². The van der Waals surface area contributed by atoms with Crippen molar-refractivity contribution in [3.63, 3.8) is 0 Å². The number of hydrogen-bond acceptors (Lipinski definition) is 3. The van der Waals surface area contributed by atoms with E-state index >= 15 is 0 Å². The molecule has 1 aromatic heterocycles. The van der Waals surface area contributed by atoms with Crippen LogP contribution in [0.1, 0.15) is 30.9 Å². The minimum atomic E-state index is -1.00. The van der Waals surface area contributed by atoms with Crippen LogP contribution >= 0.6 is 0 Å². The molecule has 0 unspecified atom stereocenters. The number of amides is 1. The monoisotopic (exact) mass is 289 g/mol. The van der Waals surface area contributed by atoms with Crippen LogP contribution in [-0.2, 0) is 16.0 Å². The van der Waals surface area contributed by atoms with Gasteiger partial charge < -0.3 is 14.8 Å². The summed E-state index contributed by atoms with van der Waals surface area (Å²) >= 11 is 0. The van der Waals surface area contributed by atoms with E-state index in [9.17, 15) is 9.59 Å². The lowest BCUT2D eigenvalue weighted by Gasteiger charge is -2.13. The van der Waals surface area contributed by atoms with Gasteiger partial charge in [-0.15, -0.1) is 0 Å². The van der Waals surface area contributed by atoms with Crippen molar-refractivity contribution < 1.29 is 19.1 Å². The van der Waals surface area contributed by atoms with E-state index in [4.69, 9.17) is 9.52 Å². The standard InChI is InChI=1S/C16H19NO4/c1-3-4-13(16(19)20)17-15(18)8-11-9-21-14-7-10(2)5-6-12(11)14/h5-7,9,13H,3-4,8H2,1-2H3,(H,17,18)(H,19,20)/t13-/m0/s1. The van der Waals surface area contributed by atoms with Crippen molar-refractivity contribution in [2.75, 3.05) is 0 Å². The summed E-state index contributed by atoms with van der Waals surface area (Å²) in [4.78, 5) is 23.0. The number of aryl methyl sites for hydroxylation is 1. The predicted molar refractivity (Wildman–Crippen MR) is 79.1 cm³/mol. The second-order valence-corrected chi connectivity index (χ2v) is 5.18. The fourth-order valence-electron chi connectivity index (χ4n) is 2.29. The first-order valence-corrected chi connectivity index (χ1v) is 7.00. The Morgan fingerprint density at radius 2 is 2.14 bits per heavy atom. The molecule has 0 saturated carbocycles. The van der Waals surface area contributed by atoms with Gasteiger partial charge in [-0.2, -0.15) is 0 Å². The molecule has 0 bridgehead atoms. The van der Waals surface area contributed by atoms with Crippen molar-refractivity contribution in [1.82, 2.24) is 5.32 Å². The molecule has 0 aliphatic carbocycles. The molecule has 2 aromatic rings. The van der Waals surface area contributed by atoms with Gasteiger partial charge in [0.05, 0.1) is 12.7 Å². The quantitative estimate of drug-likeness (QED) is 0.856. The largest absolute Gasteiger partial charge is 0.480 e. The Balaban J connectivity index is 2.09. The molecule has 0 aliphatic rings. The lowest BCUT2D eigenvalue weighted by Crippen LogP contribution is -2.41. The van der Waals surface area contributed by atoms with E-state index in [1.54, 1.807) is 6.26 Å². The van der Waals surface area contributed by atoms with Crippen LogP contribution < -0.4 is 5.32 Å². The average molecular weight is 289 g/mol. The summed E-state index contributed by atoms with van der Waals surface area (Å²) in [7, 11) is 0. The summed E-state index contributed by atoms with van der Waals surface area (Å²) in [5.41, 5.74) is 2.59. The number of furan rings is 1. The van der Waals surface area contributed by atoms with Crippen LogP contribution in [0.4, 0.5) is 0 Å². The Hall–Kier alpha value is -2.30. The van der Waals surface area contributed by atoms with Crippen LogP contribution in [0.25, 0.3) is 11.0 Å². The van der Waals surface area contributed by atoms with E-state index < -0.39 is 12.0 Å². The van der Waals surface area contributed by atoms with Gasteiger partial charge in [-0.3, -0.25) is 4.79 Å². The van der Waals surface area contributed by atoms with E-state index in [2.05, 4.69) is 5.32 Å². The lowest BCUT2D eigenvalue weighted by molar-refractivity contribution is -0.141. The van der Waals surface area contributed by atoms with E-state index in [0.29, 0.717) is 12.8 Å². The molecule has 1 aromatic carbocycles. The number of rotatable bonds is 6. The van der Waals surface area contributed by atoms with Gasteiger partial charge in [0, 0.05) is 10.9 Å². The van der Waals surface area contributed by atoms with Gasteiger partial charge in [0.25, 0.3) is 0 Å². The van der Waals surface area contributed by atoms with Crippen molar-refractivity contribution in [2.24, 2.45) is 0 Å². The fraction of sp³-hybridized carbons (Fsp3) is 0.375. The minimum Gasteiger partial charge on any atom is -0.480 e. The van der Waals surface area contributed by atoms with Crippen LogP contribution in [0.5, 0.6) is 0 Å². The summed E-state index contributed by atoms with van der Waals surface area (Å²) in [6.07, 6.45) is 2.79. The van der Waals surface area contributed by atoms with E-state index in [-0.39, 0.29) is 12.3 Å². The highest BCUT2D eigenvalue weighted by atomic mass is 16.4. The lowest BCUT2D eigenvalue weighted by atomic mass is 10.1. The summed E-state index contributed by atoms with van der Waals surface area (Å²) in [5.74, 6) is -1.31. The van der Waals surface area contributed by atoms with Crippen LogP contribution in [-0.4, -0.2) is 23.0 Å². The number of aliphatic carboxylic acids is 1. The van der Waals surface area contributed by atoms with Gasteiger partial charge in [-0.25, -0.2) is 4.79 Å². The Bertz CT molecular complexity index is 659. The van der Waals surface area contributed by atoms with Crippen LogP contribution in [0.3, 0.4) is 0 Å². The molecule has 21 heavy (non-hydrogen) atoms. The van der Waals surface area contributed by atoms with Gasteiger partial charge in [-0.1, -0.05) is 25.5 Å². The first kappa shape index (κ1) is 15.1. The van der Waals surface area contributed by atoms with Crippen molar-refractivity contribution in [2.45, 2.75) is 39.2 Å². The van der Waals surface area contributed by atoms with E-state index in [1.165, 1.54) is 0 Å². The third-order valence-corrected chi connectivity index (χ3v) is 3.37. The Morgan fingerprint density at radius 3 is 2.81 bits per heavy atom.